The zero-order chi connectivity index (χ0) is 20.4. The van der Waals surface area contributed by atoms with Crippen LogP contribution >= 0.6 is 23.1 Å². The highest BCUT2D eigenvalue weighted by molar-refractivity contribution is 7.99. The van der Waals surface area contributed by atoms with Gasteiger partial charge in [0.25, 0.3) is 5.56 Å². The van der Waals surface area contributed by atoms with Gasteiger partial charge in [0.15, 0.2) is 5.16 Å². The Balaban J connectivity index is 1.83. The number of rotatable bonds is 7. The molecule has 0 aliphatic carbocycles. The van der Waals surface area contributed by atoms with E-state index < -0.39 is 0 Å². The fourth-order valence-corrected chi connectivity index (χ4v) is 4.86. The molecule has 0 aliphatic rings. The van der Waals surface area contributed by atoms with Crippen molar-refractivity contribution in [3.8, 4) is 0 Å². The van der Waals surface area contributed by atoms with Crippen LogP contribution in [0.3, 0.4) is 0 Å². The highest BCUT2D eigenvalue weighted by atomic mass is 32.2. The fraction of sp³-hybridized carbons (Fsp3) is 0.450. The van der Waals surface area contributed by atoms with Crippen LogP contribution in [0.25, 0.3) is 10.2 Å². The molecule has 0 spiro atoms. The Morgan fingerprint density at radius 1 is 1.36 bits per heavy atom. The van der Waals surface area contributed by atoms with Crippen molar-refractivity contribution >= 4 is 39.2 Å². The van der Waals surface area contributed by atoms with E-state index in [1.165, 1.54) is 23.1 Å². The van der Waals surface area contributed by atoms with Crippen molar-refractivity contribution in [1.82, 2.24) is 14.9 Å². The maximum absolute atomic E-state index is 13.1. The molecule has 0 aromatic carbocycles. The predicted molar refractivity (Wildman–Crippen MR) is 114 cm³/mol. The molecule has 0 unspecified atom stereocenters. The fourth-order valence-electron chi connectivity index (χ4n) is 2.97. The first kappa shape index (κ1) is 20.7. The van der Waals surface area contributed by atoms with Crippen LogP contribution < -0.4 is 10.9 Å². The Morgan fingerprint density at radius 3 is 2.75 bits per heavy atom. The van der Waals surface area contributed by atoms with Gasteiger partial charge in [-0.1, -0.05) is 25.6 Å². The van der Waals surface area contributed by atoms with Gasteiger partial charge in [0.05, 0.1) is 23.4 Å². The number of hydrogen-bond donors (Lipinski definition) is 1. The summed E-state index contributed by atoms with van der Waals surface area (Å²) >= 11 is 2.82. The standard InChI is InChI=1S/C20H25N3O3S2/c1-11(2)9-23-19(25)17-12(3)14(5)28-18(17)22-20(23)27-10-16(24)21-13(4)15-7-6-8-26-15/h6-8,11,13H,9-10H2,1-5H3,(H,21,24)/t13-/m0/s1. The summed E-state index contributed by atoms with van der Waals surface area (Å²) in [5.41, 5.74) is 0.976. The minimum atomic E-state index is -0.209. The minimum Gasteiger partial charge on any atom is -0.467 e. The quantitative estimate of drug-likeness (QED) is 0.456. The highest BCUT2D eigenvalue weighted by Crippen LogP contribution is 2.28. The van der Waals surface area contributed by atoms with E-state index in [1.54, 1.807) is 16.9 Å². The summed E-state index contributed by atoms with van der Waals surface area (Å²) in [7, 11) is 0. The van der Waals surface area contributed by atoms with Crippen molar-refractivity contribution in [2.75, 3.05) is 5.75 Å². The van der Waals surface area contributed by atoms with Gasteiger partial charge in [-0.2, -0.15) is 0 Å². The summed E-state index contributed by atoms with van der Waals surface area (Å²) in [6.07, 6.45) is 1.58. The molecule has 3 aromatic rings. The molecule has 1 amide bonds. The third kappa shape index (κ3) is 4.33. The lowest BCUT2D eigenvalue weighted by Crippen LogP contribution is -2.29. The third-order valence-corrected chi connectivity index (χ3v) is 6.56. The first-order valence-corrected chi connectivity index (χ1v) is 11.0. The predicted octanol–water partition coefficient (Wildman–Crippen LogP) is 4.29. The van der Waals surface area contributed by atoms with Crippen LogP contribution in [0.5, 0.6) is 0 Å². The van der Waals surface area contributed by atoms with E-state index in [4.69, 9.17) is 9.40 Å². The van der Waals surface area contributed by atoms with Crippen molar-refractivity contribution in [3.05, 3.63) is 45.0 Å². The molecule has 0 fully saturated rings. The number of thiophene rings is 1. The van der Waals surface area contributed by atoms with E-state index in [1.807, 2.05) is 26.8 Å². The summed E-state index contributed by atoms with van der Waals surface area (Å²) in [5.74, 6) is 1.06. The first-order chi connectivity index (χ1) is 13.3. The van der Waals surface area contributed by atoms with Crippen molar-refractivity contribution < 1.29 is 9.21 Å². The van der Waals surface area contributed by atoms with Crippen molar-refractivity contribution in [3.63, 3.8) is 0 Å². The molecule has 0 saturated carbocycles. The van der Waals surface area contributed by atoms with Gasteiger partial charge in [-0.05, 0) is 44.4 Å². The molecule has 0 aliphatic heterocycles. The number of carbonyl (C=O) groups excluding carboxylic acids is 1. The Labute approximate surface area is 172 Å². The van der Waals surface area contributed by atoms with E-state index >= 15 is 0 Å². The Hall–Kier alpha value is -2.06. The summed E-state index contributed by atoms with van der Waals surface area (Å²) in [6, 6.07) is 3.41. The second kappa shape index (κ2) is 8.53. The van der Waals surface area contributed by atoms with E-state index in [9.17, 15) is 9.59 Å². The lowest BCUT2D eigenvalue weighted by molar-refractivity contribution is -0.119. The van der Waals surface area contributed by atoms with Gasteiger partial charge in [0.1, 0.15) is 10.6 Å². The van der Waals surface area contributed by atoms with Gasteiger partial charge in [-0.15, -0.1) is 11.3 Å². The topological polar surface area (TPSA) is 77.1 Å². The zero-order valence-electron chi connectivity index (χ0n) is 16.7. The van der Waals surface area contributed by atoms with Gasteiger partial charge in [0, 0.05) is 11.4 Å². The molecule has 3 aromatic heterocycles. The lowest BCUT2D eigenvalue weighted by atomic mass is 10.2. The van der Waals surface area contributed by atoms with Crippen LogP contribution in [0, 0.1) is 19.8 Å². The number of nitrogens with zero attached hydrogens (tertiary/aromatic N) is 2. The molecule has 6 nitrogen and oxygen atoms in total. The van der Waals surface area contributed by atoms with E-state index in [2.05, 4.69) is 19.2 Å². The largest absolute Gasteiger partial charge is 0.467 e. The highest BCUT2D eigenvalue weighted by Gasteiger charge is 2.19. The molecule has 0 radical (unpaired) electrons. The lowest BCUT2D eigenvalue weighted by Gasteiger charge is -2.15. The monoisotopic (exact) mass is 419 g/mol. The smallest absolute Gasteiger partial charge is 0.263 e. The molecular weight excluding hydrogens is 394 g/mol. The average Bonchev–Trinajstić information content (AvgIpc) is 3.25. The van der Waals surface area contributed by atoms with Gasteiger partial charge in [-0.25, -0.2) is 4.98 Å². The molecule has 0 bridgehead atoms. The zero-order valence-corrected chi connectivity index (χ0v) is 18.4. The number of nitrogens with one attached hydrogen (secondary N) is 1. The summed E-state index contributed by atoms with van der Waals surface area (Å²) in [4.78, 5) is 32.0. The molecule has 1 N–H and O–H groups in total. The Kier molecular flexibility index (Phi) is 6.30. The number of hydrogen-bond acceptors (Lipinski definition) is 6. The van der Waals surface area contributed by atoms with Crippen LogP contribution in [0.4, 0.5) is 0 Å². The molecule has 3 rings (SSSR count). The number of carbonyl (C=O) groups is 1. The second-order valence-corrected chi connectivity index (χ2v) is 9.41. The first-order valence-electron chi connectivity index (χ1n) is 9.24. The summed E-state index contributed by atoms with van der Waals surface area (Å²) in [5, 5.41) is 4.20. The molecule has 1 atom stereocenters. The number of aromatic nitrogens is 2. The number of aryl methyl sites for hydroxylation is 2. The average molecular weight is 420 g/mol. The van der Waals surface area contributed by atoms with E-state index in [0.29, 0.717) is 28.8 Å². The van der Waals surface area contributed by atoms with Gasteiger partial charge < -0.3 is 9.73 Å². The van der Waals surface area contributed by atoms with E-state index in [-0.39, 0.29) is 23.3 Å². The molecule has 28 heavy (non-hydrogen) atoms. The number of fused-ring (bicyclic) bond motifs is 1. The Morgan fingerprint density at radius 2 is 2.11 bits per heavy atom. The van der Waals surface area contributed by atoms with Gasteiger partial charge >= 0.3 is 0 Å². The number of amides is 1. The molecule has 8 heteroatoms. The van der Waals surface area contributed by atoms with Crippen LogP contribution in [0.15, 0.2) is 32.8 Å². The number of furan rings is 1. The van der Waals surface area contributed by atoms with Crippen molar-refractivity contribution in [2.24, 2.45) is 5.92 Å². The minimum absolute atomic E-state index is 0.0209. The molecule has 3 heterocycles. The normalized spacial score (nSPS) is 12.6. The molecule has 0 saturated heterocycles. The SMILES string of the molecule is Cc1sc2nc(SCC(=O)N[C@@H](C)c3ccco3)n(CC(C)C)c(=O)c2c1C. The molecular formula is C20H25N3O3S2. The summed E-state index contributed by atoms with van der Waals surface area (Å²) in [6.45, 7) is 10.5. The Bertz CT molecular complexity index is 1040. The summed E-state index contributed by atoms with van der Waals surface area (Å²) < 4.78 is 7.03. The number of thioether (sulfide) groups is 1. The maximum atomic E-state index is 13.1. The van der Waals surface area contributed by atoms with Gasteiger partial charge in [-0.3, -0.25) is 14.2 Å². The van der Waals surface area contributed by atoms with Crippen LogP contribution in [0.1, 0.15) is 43.0 Å². The van der Waals surface area contributed by atoms with Crippen LogP contribution in [0.2, 0.25) is 0 Å². The van der Waals surface area contributed by atoms with Crippen molar-refractivity contribution in [1.29, 1.82) is 0 Å². The molecule has 150 valence electrons. The van der Waals surface area contributed by atoms with Crippen molar-refractivity contribution in [2.45, 2.75) is 52.4 Å². The van der Waals surface area contributed by atoms with Crippen LogP contribution in [-0.4, -0.2) is 21.2 Å². The van der Waals surface area contributed by atoms with Gasteiger partial charge in [0.2, 0.25) is 5.91 Å². The maximum Gasteiger partial charge on any atom is 0.263 e. The third-order valence-electron chi connectivity index (χ3n) is 4.48. The second-order valence-electron chi connectivity index (χ2n) is 7.26. The van der Waals surface area contributed by atoms with E-state index in [0.717, 1.165) is 15.3 Å². The van der Waals surface area contributed by atoms with Crippen LogP contribution in [-0.2, 0) is 11.3 Å².